The summed E-state index contributed by atoms with van der Waals surface area (Å²) < 4.78 is 0. The van der Waals surface area contributed by atoms with Crippen LogP contribution >= 0.6 is 0 Å². The first kappa shape index (κ1) is 10.0. The van der Waals surface area contributed by atoms with Gasteiger partial charge in [0.15, 0.2) is 0 Å². The van der Waals surface area contributed by atoms with E-state index in [-0.39, 0.29) is 5.54 Å². The molecule has 1 fully saturated rings. The van der Waals surface area contributed by atoms with Crippen molar-refractivity contribution in [3.8, 4) is 0 Å². The van der Waals surface area contributed by atoms with Crippen LogP contribution in [0.15, 0.2) is 0 Å². The molecule has 2 heteroatoms. The molecule has 1 atom stereocenters. The average Bonchev–Trinajstić information content (AvgIpc) is 2.12. The Morgan fingerprint density at radius 3 is 2.75 bits per heavy atom. The highest BCUT2D eigenvalue weighted by atomic mass is 14.9. The first-order chi connectivity index (χ1) is 5.58. The molecule has 0 aliphatic carbocycles. The van der Waals surface area contributed by atoms with Crippen molar-refractivity contribution in [2.45, 2.75) is 45.1 Å². The van der Waals surface area contributed by atoms with Gasteiger partial charge < -0.3 is 11.1 Å². The molecule has 0 spiro atoms. The first-order valence-electron chi connectivity index (χ1n) is 5.07. The molecule has 1 rings (SSSR count). The van der Waals surface area contributed by atoms with Gasteiger partial charge >= 0.3 is 0 Å². The Hall–Kier alpha value is -0.0800. The lowest BCUT2D eigenvalue weighted by Crippen LogP contribution is -2.34. The van der Waals surface area contributed by atoms with Gasteiger partial charge in [0.25, 0.3) is 0 Å². The maximum atomic E-state index is 6.00. The molecule has 1 aliphatic rings. The highest BCUT2D eigenvalue weighted by Crippen LogP contribution is 2.22. The highest BCUT2D eigenvalue weighted by Gasteiger charge is 2.19. The van der Waals surface area contributed by atoms with Crippen molar-refractivity contribution in [2.24, 2.45) is 11.7 Å². The zero-order chi connectivity index (χ0) is 9.03. The van der Waals surface area contributed by atoms with E-state index in [1.807, 2.05) is 0 Å². The number of rotatable bonds is 2. The minimum Gasteiger partial charge on any atom is -0.326 e. The van der Waals surface area contributed by atoms with Gasteiger partial charge in [0.1, 0.15) is 0 Å². The summed E-state index contributed by atoms with van der Waals surface area (Å²) in [5.41, 5.74) is 6.02. The quantitative estimate of drug-likeness (QED) is 0.659. The van der Waals surface area contributed by atoms with Gasteiger partial charge in [0, 0.05) is 5.54 Å². The van der Waals surface area contributed by atoms with Crippen LogP contribution in [0, 0.1) is 5.92 Å². The van der Waals surface area contributed by atoms with Crippen molar-refractivity contribution in [3.05, 3.63) is 0 Å². The van der Waals surface area contributed by atoms with Gasteiger partial charge in [0.2, 0.25) is 0 Å². The average molecular weight is 170 g/mol. The molecule has 0 radical (unpaired) electrons. The third kappa shape index (κ3) is 4.07. The van der Waals surface area contributed by atoms with Crippen LogP contribution in [0.4, 0.5) is 0 Å². The van der Waals surface area contributed by atoms with Gasteiger partial charge in [-0.25, -0.2) is 0 Å². The van der Waals surface area contributed by atoms with E-state index in [2.05, 4.69) is 19.2 Å². The molecule has 0 saturated carbocycles. The Morgan fingerprint density at radius 1 is 1.33 bits per heavy atom. The van der Waals surface area contributed by atoms with E-state index < -0.39 is 0 Å². The SMILES string of the molecule is CC(C)(N)CC1CCCNCC1. The minimum absolute atomic E-state index is 0.0228. The molecule has 0 aromatic heterocycles. The topological polar surface area (TPSA) is 38.0 Å². The van der Waals surface area contributed by atoms with Gasteiger partial charge in [-0.3, -0.25) is 0 Å². The number of nitrogens with two attached hydrogens (primary N) is 1. The molecular formula is C10H22N2. The van der Waals surface area contributed by atoms with Gasteiger partial charge in [-0.05, 0) is 58.5 Å². The number of hydrogen-bond donors (Lipinski definition) is 2. The van der Waals surface area contributed by atoms with E-state index in [4.69, 9.17) is 5.73 Å². The summed E-state index contributed by atoms with van der Waals surface area (Å²) >= 11 is 0. The Labute approximate surface area is 75.9 Å². The summed E-state index contributed by atoms with van der Waals surface area (Å²) in [4.78, 5) is 0. The lowest BCUT2D eigenvalue weighted by atomic mass is 9.87. The van der Waals surface area contributed by atoms with Crippen molar-refractivity contribution < 1.29 is 0 Å². The molecule has 3 N–H and O–H groups in total. The van der Waals surface area contributed by atoms with E-state index >= 15 is 0 Å². The Bertz CT molecular complexity index is 118. The normalized spacial score (nSPS) is 26.8. The van der Waals surface area contributed by atoms with Crippen LogP contribution in [0.1, 0.15) is 39.5 Å². The van der Waals surface area contributed by atoms with Gasteiger partial charge in [-0.1, -0.05) is 0 Å². The summed E-state index contributed by atoms with van der Waals surface area (Å²) in [5, 5.41) is 3.42. The Balaban J connectivity index is 2.30. The van der Waals surface area contributed by atoms with E-state index in [1.165, 1.54) is 38.8 Å². The molecule has 1 saturated heterocycles. The third-order valence-corrected chi connectivity index (χ3v) is 2.51. The molecule has 2 nitrogen and oxygen atoms in total. The summed E-state index contributed by atoms with van der Waals surface area (Å²) in [7, 11) is 0. The lowest BCUT2D eigenvalue weighted by molar-refractivity contribution is 0.336. The van der Waals surface area contributed by atoms with E-state index in [9.17, 15) is 0 Å². The molecule has 1 unspecified atom stereocenters. The molecule has 72 valence electrons. The Kier molecular flexibility index (Phi) is 3.53. The van der Waals surface area contributed by atoms with Crippen LogP contribution < -0.4 is 11.1 Å². The second kappa shape index (κ2) is 4.24. The minimum atomic E-state index is 0.0228. The van der Waals surface area contributed by atoms with Gasteiger partial charge in [-0.15, -0.1) is 0 Å². The predicted octanol–water partition coefficient (Wildman–Crippen LogP) is 1.50. The molecule has 0 aromatic carbocycles. The number of nitrogens with one attached hydrogen (secondary N) is 1. The largest absolute Gasteiger partial charge is 0.326 e. The number of hydrogen-bond acceptors (Lipinski definition) is 2. The molecule has 1 heterocycles. The molecule has 0 aromatic rings. The molecule has 0 amide bonds. The van der Waals surface area contributed by atoms with Crippen molar-refractivity contribution in [3.63, 3.8) is 0 Å². The van der Waals surface area contributed by atoms with Gasteiger partial charge in [0.05, 0.1) is 0 Å². The maximum absolute atomic E-state index is 6.00. The fraction of sp³-hybridized carbons (Fsp3) is 1.00. The Morgan fingerprint density at radius 2 is 2.08 bits per heavy atom. The van der Waals surface area contributed by atoms with Crippen LogP contribution in [0.5, 0.6) is 0 Å². The van der Waals surface area contributed by atoms with E-state index in [1.54, 1.807) is 0 Å². The summed E-state index contributed by atoms with van der Waals surface area (Å²) in [6.45, 7) is 6.64. The summed E-state index contributed by atoms with van der Waals surface area (Å²) in [5.74, 6) is 0.847. The standard InChI is InChI=1S/C10H22N2/c1-10(2,11)8-9-4-3-6-12-7-5-9/h9,12H,3-8,11H2,1-2H3. The first-order valence-corrected chi connectivity index (χ1v) is 5.07. The van der Waals surface area contributed by atoms with Crippen LogP contribution in [-0.4, -0.2) is 18.6 Å². The van der Waals surface area contributed by atoms with Crippen molar-refractivity contribution in [2.75, 3.05) is 13.1 Å². The summed E-state index contributed by atoms with van der Waals surface area (Å²) in [6.07, 6.45) is 5.16. The van der Waals surface area contributed by atoms with Crippen LogP contribution in [0.2, 0.25) is 0 Å². The summed E-state index contributed by atoms with van der Waals surface area (Å²) in [6, 6.07) is 0. The molecular weight excluding hydrogens is 148 g/mol. The predicted molar refractivity (Wildman–Crippen MR) is 53.1 cm³/mol. The highest BCUT2D eigenvalue weighted by molar-refractivity contribution is 4.78. The maximum Gasteiger partial charge on any atom is 0.00997 e. The van der Waals surface area contributed by atoms with Crippen LogP contribution in [0.25, 0.3) is 0 Å². The van der Waals surface area contributed by atoms with Gasteiger partial charge in [-0.2, -0.15) is 0 Å². The second-order valence-electron chi connectivity index (χ2n) is 4.74. The molecule has 1 aliphatic heterocycles. The zero-order valence-electron chi connectivity index (χ0n) is 8.40. The third-order valence-electron chi connectivity index (χ3n) is 2.51. The smallest absolute Gasteiger partial charge is 0.00997 e. The molecule has 0 bridgehead atoms. The second-order valence-corrected chi connectivity index (χ2v) is 4.74. The van der Waals surface area contributed by atoms with Crippen molar-refractivity contribution in [1.82, 2.24) is 5.32 Å². The van der Waals surface area contributed by atoms with Crippen LogP contribution in [0.3, 0.4) is 0 Å². The fourth-order valence-corrected chi connectivity index (χ4v) is 2.04. The van der Waals surface area contributed by atoms with Crippen LogP contribution in [-0.2, 0) is 0 Å². The van der Waals surface area contributed by atoms with E-state index in [0.29, 0.717) is 0 Å². The van der Waals surface area contributed by atoms with Crippen molar-refractivity contribution in [1.29, 1.82) is 0 Å². The van der Waals surface area contributed by atoms with E-state index in [0.717, 1.165) is 5.92 Å². The monoisotopic (exact) mass is 170 g/mol. The van der Waals surface area contributed by atoms with Crippen molar-refractivity contribution >= 4 is 0 Å². The molecule has 12 heavy (non-hydrogen) atoms. The fourth-order valence-electron chi connectivity index (χ4n) is 2.04. The lowest BCUT2D eigenvalue weighted by Gasteiger charge is -2.24. The zero-order valence-corrected chi connectivity index (χ0v) is 8.40.